The lowest BCUT2D eigenvalue weighted by molar-refractivity contribution is 0.399. The van der Waals surface area contributed by atoms with Crippen LogP contribution in [0.15, 0.2) is 6.33 Å². The molecule has 88 valence electrons. The molecule has 0 atom stereocenters. The van der Waals surface area contributed by atoms with Crippen LogP contribution in [0.1, 0.15) is 25.7 Å². The van der Waals surface area contributed by atoms with E-state index in [1.807, 2.05) is 0 Å². The number of hydrogen-bond donors (Lipinski definition) is 2. The van der Waals surface area contributed by atoms with Gasteiger partial charge in [-0.3, -0.25) is 0 Å². The van der Waals surface area contributed by atoms with E-state index in [1.54, 1.807) is 7.11 Å². The highest BCUT2D eigenvalue weighted by Gasteiger charge is 2.16. The number of anilines is 2. The van der Waals surface area contributed by atoms with Crippen LogP contribution in [0.4, 0.5) is 11.5 Å². The molecule has 1 saturated carbocycles. The van der Waals surface area contributed by atoms with E-state index in [0.29, 0.717) is 17.4 Å². The molecule has 1 aliphatic rings. The summed E-state index contributed by atoms with van der Waals surface area (Å²) in [4.78, 5) is 8.06. The summed E-state index contributed by atoms with van der Waals surface area (Å²) in [5.74, 6) is 1.86. The molecule has 5 heteroatoms. The van der Waals surface area contributed by atoms with E-state index < -0.39 is 0 Å². The highest BCUT2D eigenvalue weighted by atomic mass is 16.5. The third kappa shape index (κ3) is 2.35. The van der Waals surface area contributed by atoms with E-state index in [1.165, 1.54) is 32.0 Å². The Hall–Kier alpha value is -1.52. The lowest BCUT2D eigenvalue weighted by atomic mass is 10.1. The molecule has 0 unspecified atom stereocenters. The zero-order valence-corrected chi connectivity index (χ0v) is 9.57. The van der Waals surface area contributed by atoms with Crippen molar-refractivity contribution >= 4 is 11.5 Å². The molecule has 1 fully saturated rings. The van der Waals surface area contributed by atoms with Gasteiger partial charge < -0.3 is 15.8 Å². The van der Waals surface area contributed by atoms with E-state index in [9.17, 15) is 0 Å². The van der Waals surface area contributed by atoms with Crippen molar-refractivity contribution in [3.63, 3.8) is 0 Å². The molecule has 0 aliphatic heterocycles. The van der Waals surface area contributed by atoms with E-state index in [-0.39, 0.29) is 0 Å². The smallest absolute Gasteiger partial charge is 0.242 e. The minimum absolute atomic E-state index is 0.434. The first kappa shape index (κ1) is 11.0. The first-order valence-corrected chi connectivity index (χ1v) is 5.69. The molecule has 0 radical (unpaired) electrons. The fourth-order valence-corrected chi connectivity index (χ4v) is 2.14. The Morgan fingerprint density at radius 1 is 1.44 bits per heavy atom. The van der Waals surface area contributed by atoms with Crippen LogP contribution in [0.2, 0.25) is 0 Å². The van der Waals surface area contributed by atoms with Crippen LogP contribution < -0.4 is 15.8 Å². The van der Waals surface area contributed by atoms with Crippen LogP contribution in [0, 0.1) is 5.92 Å². The van der Waals surface area contributed by atoms with Gasteiger partial charge in [-0.25, -0.2) is 4.98 Å². The van der Waals surface area contributed by atoms with Gasteiger partial charge in [-0.2, -0.15) is 4.98 Å². The molecule has 1 heterocycles. The lowest BCUT2D eigenvalue weighted by Gasteiger charge is -2.13. The van der Waals surface area contributed by atoms with Gasteiger partial charge in [0.25, 0.3) is 0 Å². The first-order chi connectivity index (χ1) is 7.81. The summed E-state index contributed by atoms with van der Waals surface area (Å²) in [6.07, 6.45) is 6.75. The van der Waals surface area contributed by atoms with Gasteiger partial charge in [0, 0.05) is 6.54 Å². The summed E-state index contributed by atoms with van der Waals surface area (Å²) in [6, 6.07) is 0. The van der Waals surface area contributed by atoms with Gasteiger partial charge in [0.05, 0.1) is 7.11 Å². The molecule has 5 nitrogen and oxygen atoms in total. The maximum absolute atomic E-state index is 5.87. The molecule has 0 amide bonds. The molecule has 1 aromatic rings. The number of aromatic nitrogens is 2. The van der Waals surface area contributed by atoms with Gasteiger partial charge in [0.1, 0.15) is 12.0 Å². The highest BCUT2D eigenvalue weighted by molar-refractivity contribution is 5.66. The third-order valence-corrected chi connectivity index (χ3v) is 3.07. The lowest BCUT2D eigenvalue weighted by Crippen LogP contribution is -2.13. The number of hydrogen-bond acceptors (Lipinski definition) is 5. The van der Waals surface area contributed by atoms with Crippen molar-refractivity contribution in [1.82, 2.24) is 9.97 Å². The minimum atomic E-state index is 0.434. The number of methoxy groups -OCH3 is 1. The molecule has 0 spiro atoms. The van der Waals surface area contributed by atoms with Gasteiger partial charge in [-0.05, 0) is 18.8 Å². The van der Waals surface area contributed by atoms with Gasteiger partial charge in [-0.15, -0.1) is 0 Å². The molecular formula is C11H18N4O. The van der Waals surface area contributed by atoms with Crippen molar-refractivity contribution < 1.29 is 4.74 Å². The zero-order chi connectivity index (χ0) is 11.4. The predicted molar refractivity (Wildman–Crippen MR) is 63.4 cm³/mol. The Morgan fingerprint density at radius 2 is 2.19 bits per heavy atom. The summed E-state index contributed by atoms with van der Waals surface area (Å²) >= 11 is 0. The molecule has 1 aliphatic carbocycles. The van der Waals surface area contributed by atoms with E-state index in [4.69, 9.17) is 10.5 Å². The maximum atomic E-state index is 5.87. The van der Waals surface area contributed by atoms with Crippen molar-refractivity contribution in [2.75, 3.05) is 24.7 Å². The van der Waals surface area contributed by atoms with Gasteiger partial charge in [-0.1, -0.05) is 12.8 Å². The molecule has 0 bridgehead atoms. The molecule has 0 aromatic carbocycles. The predicted octanol–water partition coefficient (Wildman–Crippen LogP) is 1.67. The van der Waals surface area contributed by atoms with Crippen molar-refractivity contribution in [2.24, 2.45) is 5.92 Å². The summed E-state index contributed by atoms with van der Waals surface area (Å²) in [5, 5.41) is 3.27. The molecule has 2 rings (SSSR count). The quantitative estimate of drug-likeness (QED) is 0.810. The van der Waals surface area contributed by atoms with Crippen LogP contribution in [0.3, 0.4) is 0 Å². The summed E-state index contributed by atoms with van der Waals surface area (Å²) in [7, 11) is 1.56. The maximum Gasteiger partial charge on any atom is 0.242 e. The van der Waals surface area contributed by atoms with Crippen molar-refractivity contribution in [2.45, 2.75) is 25.7 Å². The Balaban J connectivity index is 1.97. The molecule has 1 aromatic heterocycles. The number of nitrogens with two attached hydrogens (primary N) is 1. The normalized spacial score (nSPS) is 16.3. The number of ether oxygens (including phenoxy) is 1. The second-order valence-corrected chi connectivity index (χ2v) is 4.18. The topological polar surface area (TPSA) is 73.1 Å². The second-order valence-electron chi connectivity index (χ2n) is 4.18. The average molecular weight is 222 g/mol. The average Bonchev–Trinajstić information content (AvgIpc) is 2.81. The minimum Gasteiger partial charge on any atom is -0.479 e. The van der Waals surface area contributed by atoms with Crippen LogP contribution >= 0.6 is 0 Å². The fourth-order valence-electron chi connectivity index (χ4n) is 2.14. The Bertz CT molecular complexity index is 350. The Kier molecular flexibility index (Phi) is 3.44. The van der Waals surface area contributed by atoms with Crippen LogP contribution in [-0.4, -0.2) is 23.6 Å². The van der Waals surface area contributed by atoms with E-state index in [2.05, 4.69) is 15.3 Å². The molecule has 3 N–H and O–H groups in total. The van der Waals surface area contributed by atoms with Crippen LogP contribution in [0.25, 0.3) is 0 Å². The molecule has 0 saturated heterocycles. The van der Waals surface area contributed by atoms with Gasteiger partial charge >= 0.3 is 0 Å². The van der Waals surface area contributed by atoms with Crippen LogP contribution in [0.5, 0.6) is 5.88 Å². The number of nitrogen functional groups attached to an aromatic ring is 1. The first-order valence-electron chi connectivity index (χ1n) is 5.69. The van der Waals surface area contributed by atoms with Crippen molar-refractivity contribution in [3.8, 4) is 5.88 Å². The van der Waals surface area contributed by atoms with Crippen molar-refractivity contribution in [1.29, 1.82) is 0 Å². The Labute approximate surface area is 95.4 Å². The standard InChI is InChI=1S/C11H18N4O/c1-16-11-9(12)10(14-7-15-11)13-6-8-4-2-3-5-8/h7-8H,2-6,12H2,1H3,(H,13,14,15). The monoisotopic (exact) mass is 222 g/mol. The molecule has 16 heavy (non-hydrogen) atoms. The Morgan fingerprint density at radius 3 is 2.88 bits per heavy atom. The second kappa shape index (κ2) is 5.01. The number of nitrogens with zero attached hydrogens (tertiary/aromatic N) is 2. The zero-order valence-electron chi connectivity index (χ0n) is 9.57. The molecular weight excluding hydrogens is 204 g/mol. The number of nitrogens with one attached hydrogen (secondary N) is 1. The largest absolute Gasteiger partial charge is 0.479 e. The van der Waals surface area contributed by atoms with Crippen LogP contribution in [-0.2, 0) is 0 Å². The summed E-state index contributed by atoms with van der Waals surface area (Å²) in [6.45, 7) is 0.935. The van der Waals surface area contributed by atoms with E-state index >= 15 is 0 Å². The third-order valence-electron chi connectivity index (χ3n) is 3.07. The summed E-state index contributed by atoms with van der Waals surface area (Å²) in [5.41, 5.74) is 6.35. The fraction of sp³-hybridized carbons (Fsp3) is 0.636. The van der Waals surface area contributed by atoms with Crippen molar-refractivity contribution in [3.05, 3.63) is 6.33 Å². The van der Waals surface area contributed by atoms with E-state index in [0.717, 1.165) is 12.5 Å². The van der Waals surface area contributed by atoms with Gasteiger partial charge in [0.2, 0.25) is 5.88 Å². The number of rotatable bonds is 4. The highest BCUT2D eigenvalue weighted by Crippen LogP contribution is 2.27. The summed E-state index contributed by atoms with van der Waals surface area (Å²) < 4.78 is 5.04. The SMILES string of the molecule is COc1ncnc(NCC2CCCC2)c1N. The van der Waals surface area contributed by atoms with Gasteiger partial charge in [0.15, 0.2) is 5.82 Å².